The molecule has 0 unspecified atom stereocenters. The summed E-state index contributed by atoms with van der Waals surface area (Å²) in [5.41, 5.74) is 3.20. The number of benzene rings is 1. The van der Waals surface area contributed by atoms with Gasteiger partial charge in [0.25, 0.3) is 0 Å². The van der Waals surface area contributed by atoms with E-state index in [1.54, 1.807) is 11.6 Å². The van der Waals surface area contributed by atoms with E-state index in [-0.39, 0.29) is 16.7 Å². The highest BCUT2D eigenvalue weighted by Crippen LogP contribution is 2.29. The van der Waals surface area contributed by atoms with Crippen molar-refractivity contribution in [3.8, 4) is 0 Å². The number of thiazole rings is 1. The Morgan fingerprint density at radius 2 is 2.15 bits per heavy atom. The number of nitrogens with one attached hydrogen (secondary N) is 1. The molecule has 0 saturated heterocycles. The summed E-state index contributed by atoms with van der Waals surface area (Å²) in [6, 6.07) is 8.19. The van der Waals surface area contributed by atoms with E-state index in [2.05, 4.69) is 15.3 Å². The third kappa shape index (κ3) is 2.40. The van der Waals surface area contributed by atoms with Crippen molar-refractivity contribution in [3.63, 3.8) is 0 Å². The van der Waals surface area contributed by atoms with Crippen molar-refractivity contribution in [2.45, 2.75) is 0 Å². The highest BCUT2D eigenvalue weighted by Gasteiger charge is 2.16. The number of halogens is 1. The topological polar surface area (TPSA) is 81.0 Å². The van der Waals surface area contributed by atoms with Gasteiger partial charge in [-0.05, 0) is 24.3 Å². The van der Waals surface area contributed by atoms with Crippen molar-refractivity contribution in [3.05, 3.63) is 51.1 Å². The standard InChI is InChI=1S/C12H7ClN4O2S/c13-11-4-3-9(17(18)19)12(16-11)15-7-1-2-8-10(5-7)20-6-14-8/h1-6H,(H,15,16). The molecule has 0 radical (unpaired) electrons. The number of fused-ring (bicyclic) bond motifs is 1. The van der Waals surface area contributed by atoms with E-state index in [9.17, 15) is 10.1 Å². The first-order chi connectivity index (χ1) is 9.63. The molecule has 3 rings (SSSR count). The van der Waals surface area contributed by atoms with Crippen molar-refractivity contribution >= 4 is 50.3 Å². The molecule has 0 aliphatic rings. The summed E-state index contributed by atoms with van der Waals surface area (Å²) in [6.07, 6.45) is 0. The van der Waals surface area contributed by atoms with Crippen LogP contribution in [0.3, 0.4) is 0 Å². The molecule has 0 spiro atoms. The predicted molar refractivity (Wildman–Crippen MR) is 78.8 cm³/mol. The van der Waals surface area contributed by atoms with Crippen LogP contribution in [-0.4, -0.2) is 14.9 Å². The lowest BCUT2D eigenvalue weighted by molar-refractivity contribution is -0.384. The van der Waals surface area contributed by atoms with Crippen LogP contribution in [0.4, 0.5) is 17.2 Å². The lowest BCUT2D eigenvalue weighted by Gasteiger charge is -2.06. The van der Waals surface area contributed by atoms with Gasteiger partial charge >= 0.3 is 5.69 Å². The van der Waals surface area contributed by atoms with Gasteiger partial charge in [-0.1, -0.05) is 11.6 Å². The van der Waals surface area contributed by atoms with E-state index in [4.69, 9.17) is 11.6 Å². The average Bonchev–Trinajstić information content (AvgIpc) is 2.85. The minimum absolute atomic E-state index is 0.117. The van der Waals surface area contributed by atoms with E-state index in [0.717, 1.165) is 10.2 Å². The predicted octanol–water partition coefficient (Wildman–Crippen LogP) is 4.00. The molecule has 100 valence electrons. The third-order valence-electron chi connectivity index (χ3n) is 2.63. The first kappa shape index (κ1) is 12.8. The summed E-state index contributed by atoms with van der Waals surface area (Å²) in [6.45, 7) is 0. The number of hydrogen-bond donors (Lipinski definition) is 1. The Bertz CT molecular complexity index is 805. The minimum Gasteiger partial charge on any atom is -0.334 e. The fourth-order valence-corrected chi connectivity index (χ4v) is 2.60. The monoisotopic (exact) mass is 306 g/mol. The molecule has 2 heterocycles. The van der Waals surface area contributed by atoms with Gasteiger partial charge in [0, 0.05) is 11.8 Å². The molecule has 0 bridgehead atoms. The van der Waals surface area contributed by atoms with E-state index < -0.39 is 4.92 Å². The largest absolute Gasteiger partial charge is 0.334 e. The van der Waals surface area contributed by atoms with Gasteiger partial charge in [-0.2, -0.15) is 0 Å². The van der Waals surface area contributed by atoms with Crippen molar-refractivity contribution in [2.24, 2.45) is 0 Å². The van der Waals surface area contributed by atoms with Gasteiger partial charge in [-0.25, -0.2) is 9.97 Å². The molecular weight excluding hydrogens is 300 g/mol. The first-order valence-electron chi connectivity index (χ1n) is 5.55. The zero-order valence-electron chi connectivity index (χ0n) is 9.91. The maximum Gasteiger partial charge on any atom is 0.311 e. The second-order valence-corrected chi connectivity index (χ2v) is 5.19. The smallest absolute Gasteiger partial charge is 0.311 e. The molecule has 1 N–H and O–H groups in total. The van der Waals surface area contributed by atoms with Crippen LogP contribution in [0.15, 0.2) is 35.8 Å². The van der Waals surface area contributed by atoms with Gasteiger partial charge in [0.1, 0.15) is 5.15 Å². The molecule has 3 aromatic rings. The number of nitro groups is 1. The summed E-state index contributed by atoms with van der Waals surface area (Å²) in [5.74, 6) is 0.117. The molecule has 1 aromatic carbocycles. The van der Waals surface area contributed by atoms with E-state index in [1.165, 1.54) is 23.5 Å². The van der Waals surface area contributed by atoms with Crippen LogP contribution in [-0.2, 0) is 0 Å². The van der Waals surface area contributed by atoms with E-state index in [1.807, 2.05) is 12.1 Å². The number of aromatic nitrogens is 2. The average molecular weight is 307 g/mol. The van der Waals surface area contributed by atoms with Crippen molar-refractivity contribution in [1.29, 1.82) is 0 Å². The highest BCUT2D eigenvalue weighted by atomic mass is 35.5. The molecule has 0 saturated carbocycles. The Morgan fingerprint density at radius 1 is 1.30 bits per heavy atom. The van der Waals surface area contributed by atoms with Crippen LogP contribution in [0.5, 0.6) is 0 Å². The number of hydrogen-bond acceptors (Lipinski definition) is 6. The van der Waals surface area contributed by atoms with Gasteiger partial charge in [0.15, 0.2) is 0 Å². The Hall–Kier alpha value is -2.25. The fraction of sp³-hybridized carbons (Fsp3) is 0. The van der Waals surface area contributed by atoms with Crippen LogP contribution in [0, 0.1) is 10.1 Å². The molecule has 0 aliphatic heterocycles. The normalized spacial score (nSPS) is 10.7. The molecule has 0 fully saturated rings. The Balaban J connectivity index is 2.01. The maximum atomic E-state index is 11.0. The molecule has 0 atom stereocenters. The van der Waals surface area contributed by atoms with Gasteiger partial charge in [-0.3, -0.25) is 10.1 Å². The summed E-state index contributed by atoms with van der Waals surface area (Å²) >= 11 is 7.28. The van der Waals surface area contributed by atoms with Gasteiger partial charge in [0.2, 0.25) is 5.82 Å². The molecule has 20 heavy (non-hydrogen) atoms. The SMILES string of the molecule is O=[N+]([O-])c1ccc(Cl)nc1Nc1ccc2ncsc2c1. The quantitative estimate of drug-likeness (QED) is 0.449. The maximum absolute atomic E-state index is 11.0. The lowest BCUT2D eigenvalue weighted by atomic mass is 10.3. The Morgan fingerprint density at radius 3 is 2.95 bits per heavy atom. The third-order valence-corrected chi connectivity index (χ3v) is 3.63. The van der Waals surface area contributed by atoms with Crippen LogP contribution in [0.1, 0.15) is 0 Å². The van der Waals surface area contributed by atoms with Crippen LogP contribution >= 0.6 is 22.9 Å². The first-order valence-corrected chi connectivity index (χ1v) is 6.80. The molecule has 8 heteroatoms. The number of nitrogens with zero attached hydrogens (tertiary/aromatic N) is 3. The van der Waals surface area contributed by atoms with Gasteiger partial charge in [0.05, 0.1) is 20.7 Å². The lowest BCUT2D eigenvalue weighted by Crippen LogP contribution is -1.99. The van der Waals surface area contributed by atoms with E-state index in [0.29, 0.717) is 5.69 Å². The fourth-order valence-electron chi connectivity index (χ4n) is 1.74. The van der Waals surface area contributed by atoms with Crippen LogP contribution < -0.4 is 5.32 Å². The Labute approximate surface area is 122 Å². The summed E-state index contributed by atoms with van der Waals surface area (Å²) in [7, 11) is 0. The molecular formula is C12H7ClN4O2S. The summed E-state index contributed by atoms with van der Waals surface area (Å²) < 4.78 is 0.986. The van der Waals surface area contributed by atoms with Crippen molar-refractivity contribution in [2.75, 3.05) is 5.32 Å². The van der Waals surface area contributed by atoms with Crippen LogP contribution in [0.25, 0.3) is 10.2 Å². The summed E-state index contributed by atoms with van der Waals surface area (Å²) in [5, 5.41) is 14.1. The zero-order chi connectivity index (χ0) is 14.1. The Kier molecular flexibility index (Phi) is 3.21. The van der Waals surface area contributed by atoms with Crippen molar-refractivity contribution < 1.29 is 4.92 Å². The molecule has 0 amide bonds. The van der Waals surface area contributed by atoms with Gasteiger partial charge in [-0.15, -0.1) is 11.3 Å². The number of pyridine rings is 1. The minimum atomic E-state index is -0.503. The second-order valence-electron chi connectivity index (χ2n) is 3.92. The second kappa shape index (κ2) is 5.03. The molecule has 2 aromatic heterocycles. The molecule has 0 aliphatic carbocycles. The number of rotatable bonds is 3. The van der Waals surface area contributed by atoms with Gasteiger partial charge < -0.3 is 5.32 Å². The van der Waals surface area contributed by atoms with Crippen LogP contribution in [0.2, 0.25) is 5.15 Å². The van der Waals surface area contributed by atoms with E-state index >= 15 is 0 Å². The summed E-state index contributed by atoms with van der Waals surface area (Å²) in [4.78, 5) is 18.6. The zero-order valence-corrected chi connectivity index (χ0v) is 11.5. The van der Waals surface area contributed by atoms with Crippen molar-refractivity contribution in [1.82, 2.24) is 9.97 Å². The number of anilines is 2. The molecule has 6 nitrogen and oxygen atoms in total. The highest BCUT2D eigenvalue weighted by molar-refractivity contribution is 7.16.